The van der Waals surface area contributed by atoms with Crippen molar-refractivity contribution in [3.63, 3.8) is 0 Å². The largest absolute Gasteiger partial charge is 0.457 e. The van der Waals surface area contributed by atoms with Gasteiger partial charge in [-0.05, 0) is 51.2 Å². The van der Waals surface area contributed by atoms with E-state index in [-0.39, 0.29) is 12.1 Å². The summed E-state index contributed by atoms with van der Waals surface area (Å²) in [5, 5.41) is 0. The maximum Gasteiger partial charge on any atom is 0.410 e. The number of nitrogens with zero attached hydrogens (tertiary/aromatic N) is 1. The number of likely N-dealkylation sites (tertiary alicyclic amines) is 1. The molecule has 1 fully saturated rings. The van der Waals surface area contributed by atoms with E-state index < -0.39 is 5.60 Å². The Morgan fingerprint density at radius 2 is 1.96 bits per heavy atom. The molecule has 1 aromatic carbocycles. The van der Waals surface area contributed by atoms with Crippen LogP contribution in [0.3, 0.4) is 0 Å². The van der Waals surface area contributed by atoms with Crippen molar-refractivity contribution in [2.75, 3.05) is 13.1 Å². The molecule has 0 saturated carbocycles. The average molecular weight is 317 g/mol. The minimum atomic E-state index is -0.458. The van der Waals surface area contributed by atoms with Gasteiger partial charge in [-0.15, -0.1) is 0 Å². The van der Waals surface area contributed by atoms with Crippen molar-refractivity contribution >= 4 is 12.1 Å². The Balaban J connectivity index is 1.61. The van der Waals surface area contributed by atoms with Gasteiger partial charge in [-0.25, -0.2) is 9.59 Å². The fraction of sp³-hybridized carbons (Fsp3) is 0.556. The van der Waals surface area contributed by atoms with Crippen LogP contribution in [0.25, 0.3) is 0 Å². The van der Waals surface area contributed by atoms with Crippen LogP contribution in [0.15, 0.2) is 18.2 Å². The van der Waals surface area contributed by atoms with Crippen LogP contribution < -0.4 is 0 Å². The number of hydrogen-bond acceptors (Lipinski definition) is 4. The molecule has 0 aliphatic carbocycles. The van der Waals surface area contributed by atoms with Gasteiger partial charge in [0, 0.05) is 18.7 Å². The van der Waals surface area contributed by atoms with Gasteiger partial charge in [-0.1, -0.05) is 12.1 Å². The molecule has 0 aromatic heterocycles. The zero-order valence-electron chi connectivity index (χ0n) is 13.9. The first kappa shape index (κ1) is 15.8. The highest BCUT2D eigenvalue weighted by Crippen LogP contribution is 2.31. The minimum Gasteiger partial charge on any atom is -0.457 e. The lowest BCUT2D eigenvalue weighted by Crippen LogP contribution is -2.41. The highest BCUT2D eigenvalue weighted by Gasteiger charge is 2.28. The molecule has 1 amide bonds. The summed E-state index contributed by atoms with van der Waals surface area (Å²) in [5.74, 6) is 0.181. The summed E-state index contributed by atoms with van der Waals surface area (Å²) >= 11 is 0. The van der Waals surface area contributed by atoms with Crippen LogP contribution >= 0.6 is 0 Å². The minimum absolute atomic E-state index is 0.230. The van der Waals surface area contributed by atoms with Crippen molar-refractivity contribution in [1.29, 1.82) is 0 Å². The molecule has 1 aromatic rings. The molecule has 1 saturated heterocycles. The third kappa shape index (κ3) is 3.49. The standard InChI is InChI=1S/C18H23NO4/c1-18(2,3)23-17(21)19-8-6-12(7-9-19)13-4-5-15-14(10-13)11-22-16(15)20/h4-5,10,12H,6-9,11H2,1-3H3. The Morgan fingerprint density at radius 3 is 2.61 bits per heavy atom. The molecule has 5 nitrogen and oxygen atoms in total. The molecule has 2 aliphatic heterocycles. The van der Waals surface area contributed by atoms with E-state index in [2.05, 4.69) is 6.07 Å². The van der Waals surface area contributed by atoms with Crippen molar-refractivity contribution in [1.82, 2.24) is 4.90 Å². The molecule has 0 N–H and O–H groups in total. The quantitative estimate of drug-likeness (QED) is 0.744. The van der Waals surface area contributed by atoms with E-state index >= 15 is 0 Å². The second-order valence-electron chi connectivity index (χ2n) is 7.23. The molecule has 2 aliphatic rings. The Hall–Kier alpha value is -2.04. The molecule has 124 valence electrons. The molecular weight excluding hydrogens is 294 g/mol. The monoisotopic (exact) mass is 317 g/mol. The number of esters is 1. The number of amides is 1. The lowest BCUT2D eigenvalue weighted by molar-refractivity contribution is 0.0204. The number of carbonyl (C=O) groups is 2. The van der Waals surface area contributed by atoms with Crippen molar-refractivity contribution in [2.24, 2.45) is 0 Å². The number of rotatable bonds is 1. The SMILES string of the molecule is CC(C)(C)OC(=O)N1CCC(c2ccc3c(c2)COC3=O)CC1. The highest BCUT2D eigenvalue weighted by molar-refractivity contribution is 5.93. The summed E-state index contributed by atoms with van der Waals surface area (Å²) in [6, 6.07) is 5.95. The van der Waals surface area contributed by atoms with E-state index in [1.54, 1.807) is 4.90 Å². The van der Waals surface area contributed by atoms with Gasteiger partial charge in [0.15, 0.2) is 0 Å². The molecule has 0 atom stereocenters. The molecule has 23 heavy (non-hydrogen) atoms. The molecule has 2 heterocycles. The lowest BCUT2D eigenvalue weighted by Gasteiger charge is -2.33. The fourth-order valence-electron chi connectivity index (χ4n) is 3.13. The summed E-state index contributed by atoms with van der Waals surface area (Å²) in [7, 11) is 0. The predicted molar refractivity (Wildman–Crippen MR) is 85.3 cm³/mol. The van der Waals surface area contributed by atoms with Crippen molar-refractivity contribution in [3.05, 3.63) is 34.9 Å². The number of cyclic esters (lactones) is 1. The zero-order chi connectivity index (χ0) is 16.6. The number of ether oxygens (including phenoxy) is 2. The normalized spacial score (nSPS) is 18.6. The predicted octanol–water partition coefficient (Wildman–Crippen LogP) is 3.47. The summed E-state index contributed by atoms with van der Waals surface area (Å²) in [6.45, 7) is 7.42. The van der Waals surface area contributed by atoms with Crippen LogP contribution in [0, 0.1) is 0 Å². The summed E-state index contributed by atoms with van der Waals surface area (Å²) in [4.78, 5) is 25.4. The second kappa shape index (κ2) is 5.87. The van der Waals surface area contributed by atoms with Gasteiger partial charge >= 0.3 is 12.1 Å². The van der Waals surface area contributed by atoms with Gasteiger partial charge in [0.05, 0.1) is 5.56 Å². The first-order valence-corrected chi connectivity index (χ1v) is 8.11. The summed E-state index contributed by atoms with van der Waals surface area (Å²) in [5.41, 5.74) is 2.42. The van der Waals surface area contributed by atoms with Gasteiger partial charge in [-0.2, -0.15) is 0 Å². The zero-order valence-corrected chi connectivity index (χ0v) is 13.9. The molecule has 0 bridgehead atoms. The number of hydrogen-bond donors (Lipinski definition) is 0. The molecule has 0 spiro atoms. The second-order valence-corrected chi connectivity index (χ2v) is 7.23. The number of benzene rings is 1. The van der Waals surface area contributed by atoms with E-state index in [1.165, 1.54) is 5.56 Å². The molecule has 0 radical (unpaired) electrons. The Bertz CT molecular complexity index is 624. The van der Waals surface area contributed by atoms with Crippen LogP contribution in [0.2, 0.25) is 0 Å². The molecular formula is C18H23NO4. The number of piperidine rings is 1. The van der Waals surface area contributed by atoms with Gasteiger partial charge in [-0.3, -0.25) is 0 Å². The van der Waals surface area contributed by atoms with E-state index in [4.69, 9.17) is 9.47 Å². The van der Waals surface area contributed by atoms with Gasteiger partial charge in [0.2, 0.25) is 0 Å². The molecule has 5 heteroatoms. The first-order chi connectivity index (χ1) is 10.8. The van der Waals surface area contributed by atoms with E-state index in [9.17, 15) is 9.59 Å². The Labute approximate surface area is 136 Å². The van der Waals surface area contributed by atoms with Crippen molar-refractivity contribution < 1.29 is 19.1 Å². The van der Waals surface area contributed by atoms with Gasteiger partial charge < -0.3 is 14.4 Å². The summed E-state index contributed by atoms with van der Waals surface area (Å²) < 4.78 is 10.5. The Morgan fingerprint density at radius 1 is 1.26 bits per heavy atom. The van der Waals surface area contributed by atoms with E-state index in [1.807, 2.05) is 32.9 Å². The first-order valence-electron chi connectivity index (χ1n) is 8.11. The average Bonchev–Trinajstić information content (AvgIpc) is 2.87. The summed E-state index contributed by atoms with van der Waals surface area (Å²) in [6.07, 6.45) is 1.59. The van der Waals surface area contributed by atoms with E-state index in [0.717, 1.165) is 18.4 Å². The maximum absolute atomic E-state index is 12.1. The van der Waals surface area contributed by atoms with Gasteiger partial charge in [0.1, 0.15) is 12.2 Å². The lowest BCUT2D eigenvalue weighted by atomic mass is 9.88. The van der Waals surface area contributed by atoms with Crippen LogP contribution in [0.1, 0.15) is 61.0 Å². The van der Waals surface area contributed by atoms with Crippen LogP contribution in [0.4, 0.5) is 4.79 Å². The third-order valence-corrected chi connectivity index (χ3v) is 4.33. The number of carbonyl (C=O) groups excluding carboxylic acids is 2. The van der Waals surface area contributed by atoms with Crippen molar-refractivity contribution in [2.45, 2.75) is 51.7 Å². The fourth-order valence-corrected chi connectivity index (χ4v) is 3.13. The third-order valence-electron chi connectivity index (χ3n) is 4.33. The topological polar surface area (TPSA) is 55.8 Å². The Kier molecular flexibility index (Phi) is 4.04. The number of fused-ring (bicyclic) bond motifs is 1. The van der Waals surface area contributed by atoms with Crippen LogP contribution in [-0.2, 0) is 16.1 Å². The molecule has 3 rings (SSSR count). The van der Waals surface area contributed by atoms with Gasteiger partial charge in [0.25, 0.3) is 0 Å². The smallest absolute Gasteiger partial charge is 0.410 e. The van der Waals surface area contributed by atoms with Crippen LogP contribution in [-0.4, -0.2) is 35.7 Å². The highest BCUT2D eigenvalue weighted by atomic mass is 16.6. The van der Waals surface area contributed by atoms with E-state index in [0.29, 0.717) is 31.2 Å². The van der Waals surface area contributed by atoms with Crippen molar-refractivity contribution in [3.8, 4) is 0 Å². The van der Waals surface area contributed by atoms with Crippen LogP contribution in [0.5, 0.6) is 0 Å². The maximum atomic E-state index is 12.1. The molecule has 0 unspecified atom stereocenters.